The highest BCUT2D eigenvalue weighted by molar-refractivity contribution is 4.74. The second kappa shape index (κ2) is 7.20. The number of likely N-dealkylation sites (tertiary alicyclic amines) is 1. The summed E-state index contributed by atoms with van der Waals surface area (Å²) in [6.45, 7) is 11.2. The molecule has 0 aromatic rings. The van der Waals surface area contributed by atoms with Gasteiger partial charge in [-0.05, 0) is 50.9 Å². The molecule has 0 unspecified atom stereocenters. The summed E-state index contributed by atoms with van der Waals surface area (Å²) in [4.78, 5) is 2.49. The molecule has 3 heteroatoms. The number of hydrogen-bond acceptors (Lipinski definition) is 3. The van der Waals surface area contributed by atoms with Crippen LogP contribution in [0, 0.1) is 11.8 Å². The summed E-state index contributed by atoms with van der Waals surface area (Å²) in [7, 11) is 0. The minimum atomic E-state index is 0.766. The van der Waals surface area contributed by atoms with Crippen molar-refractivity contribution >= 4 is 0 Å². The fraction of sp³-hybridized carbons (Fsp3) is 1.00. The van der Waals surface area contributed by atoms with Crippen LogP contribution >= 0.6 is 0 Å². The zero-order chi connectivity index (χ0) is 11.1. The van der Waals surface area contributed by atoms with Crippen LogP contribution in [0.5, 0.6) is 0 Å². The van der Waals surface area contributed by atoms with E-state index in [4.69, 9.17) is 5.73 Å². The molecule has 15 heavy (non-hydrogen) atoms. The van der Waals surface area contributed by atoms with Crippen molar-refractivity contribution in [3.63, 3.8) is 0 Å². The quantitative estimate of drug-likeness (QED) is 0.689. The molecule has 1 aliphatic heterocycles. The van der Waals surface area contributed by atoms with Gasteiger partial charge in [-0.3, -0.25) is 0 Å². The molecule has 1 saturated heterocycles. The van der Waals surface area contributed by atoms with Crippen LogP contribution in [0.1, 0.15) is 26.7 Å². The first-order valence-electron chi connectivity index (χ1n) is 6.35. The van der Waals surface area contributed by atoms with Crippen molar-refractivity contribution in [1.29, 1.82) is 0 Å². The van der Waals surface area contributed by atoms with E-state index in [1.807, 2.05) is 0 Å². The van der Waals surface area contributed by atoms with Crippen LogP contribution in [0.3, 0.4) is 0 Å². The Labute approximate surface area is 94.4 Å². The highest BCUT2D eigenvalue weighted by Gasteiger charge is 2.17. The van der Waals surface area contributed by atoms with Crippen LogP contribution in [-0.2, 0) is 0 Å². The van der Waals surface area contributed by atoms with Gasteiger partial charge in [0.25, 0.3) is 0 Å². The SMILES string of the molecule is CC(C)CNCC1CCN(CCN)CC1. The van der Waals surface area contributed by atoms with Gasteiger partial charge in [-0.25, -0.2) is 0 Å². The average Bonchev–Trinajstić information content (AvgIpc) is 2.20. The predicted octanol–water partition coefficient (Wildman–Crippen LogP) is 0.903. The number of piperidine rings is 1. The second-order valence-corrected chi connectivity index (χ2v) is 5.13. The van der Waals surface area contributed by atoms with E-state index in [1.54, 1.807) is 0 Å². The average molecular weight is 213 g/mol. The van der Waals surface area contributed by atoms with Gasteiger partial charge < -0.3 is 16.0 Å². The van der Waals surface area contributed by atoms with Crippen LogP contribution < -0.4 is 11.1 Å². The molecule has 0 spiro atoms. The van der Waals surface area contributed by atoms with E-state index in [2.05, 4.69) is 24.1 Å². The molecule has 0 aromatic heterocycles. The summed E-state index contributed by atoms with van der Waals surface area (Å²) in [6, 6.07) is 0. The van der Waals surface area contributed by atoms with E-state index < -0.39 is 0 Å². The third kappa shape index (κ3) is 5.50. The molecule has 3 nitrogen and oxygen atoms in total. The first kappa shape index (κ1) is 12.9. The number of rotatable bonds is 6. The van der Waals surface area contributed by atoms with Gasteiger partial charge in [0, 0.05) is 13.1 Å². The van der Waals surface area contributed by atoms with Gasteiger partial charge in [-0.15, -0.1) is 0 Å². The lowest BCUT2D eigenvalue weighted by molar-refractivity contribution is 0.186. The van der Waals surface area contributed by atoms with Gasteiger partial charge in [0.15, 0.2) is 0 Å². The van der Waals surface area contributed by atoms with Crippen molar-refractivity contribution in [2.45, 2.75) is 26.7 Å². The zero-order valence-corrected chi connectivity index (χ0v) is 10.3. The first-order chi connectivity index (χ1) is 7.22. The van der Waals surface area contributed by atoms with Crippen molar-refractivity contribution in [2.75, 3.05) is 39.3 Å². The van der Waals surface area contributed by atoms with Gasteiger partial charge >= 0.3 is 0 Å². The van der Waals surface area contributed by atoms with Crippen LogP contribution in [-0.4, -0.2) is 44.2 Å². The highest BCUT2D eigenvalue weighted by Crippen LogP contribution is 2.15. The van der Waals surface area contributed by atoms with Crippen LogP contribution in [0.4, 0.5) is 0 Å². The molecule has 1 heterocycles. The summed E-state index contributed by atoms with van der Waals surface area (Å²) < 4.78 is 0. The molecule has 0 aromatic carbocycles. The summed E-state index contributed by atoms with van der Waals surface area (Å²) in [5, 5.41) is 3.56. The number of nitrogens with one attached hydrogen (secondary N) is 1. The van der Waals surface area contributed by atoms with Gasteiger partial charge in [0.1, 0.15) is 0 Å². The molecule has 1 rings (SSSR count). The van der Waals surface area contributed by atoms with Crippen molar-refractivity contribution in [3.05, 3.63) is 0 Å². The van der Waals surface area contributed by atoms with E-state index in [1.165, 1.54) is 32.5 Å². The van der Waals surface area contributed by atoms with Gasteiger partial charge in [0.2, 0.25) is 0 Å². The minimum Gasteiger partial charge on any atom is -0.329 e. The number of nitrogens with two attached hydrogens (primary N) is 1. The molecule has 1 aliphatic rings. The Morgan fingerprint density at radius 3 is 2.53 bits per heavy atom. The summed E-state index contributed by atoms with van der Waals surface area (Å²) in [5.41, 5.74) is 5.55. The molecule has 0 aliphatic carbocycles. The van der Waals surface area contributed by atoms with Crippen molar-refractivity contribution in [2.24, 2.45) is 17.6 Å². The number of nitrogens with zero attached hydrogens (tertiary/aromatic N) is 1. The summed E-state index contributed by atoms with van der Waals surface area (Å²) >= 11 is 0. The van der Waals surface area contributed by atoms with Gasteiger partial charge in [0.05, 0.1) is 0 Å². The second-order valence-electron chi connectivity index (χ2n) is 5.13. The normalized spacial score (nSPS) is 20.0. The minimum absolute atomic E-state index is 0.766. The third-order valence-electron chi connectivity index (χ3n) is 3.14. The fourth-order valence-corrected chi connectivity index (χ4v) is 2.17. The van der Waals surface area contributed by atoms with Crippen molar-refractivity contribution < 1.29 is 0 Å². The Kier molecular flexibility index (Phi) is 6.22. The molecule has 0 radical (unpaired) electrons. The maximum Gasteiger partial charge on any atom is 0.0105 e. The predicted molar refractivity (Wildman–Crippen MR) is 65.9 cm³/mol. The summed E-state index contributed by atoms with van der Waals surface area (Å²) in [6.07, 6.45) is 2.68. The molecular weight excluding hydrogens is 186 g/mol. The van der Waals surface area contributed by atoms with Crippen LogP contribution in [0.25, 0.3) is 0 Å². The molecule has 0 bridgehead atoms. The Hall–Kier alpha value is -0.120. The maximum absolute atomic E-state index is 5.55. The number of hydrogen-bond donors (Lipinski definition) is 2. The molecular formula is C12H27N3. The van der Waals surface area contributed by atoms with E-state index in [0.29, 0.717) is 0 Å². The van der Waals surface area contributed by atoms with Crippen molar-refractivity contribution in [1.82, 2.24) is 10.2 Å². The Morgan fingerprint density at radius 1 is 1.33 bits per heavy atom. The molecule has 0 amide bonds. The van der Waals surface area contributed by atoms with Crippen LogP contribution in [0.2, 0.25) is 0 Å². The monoisotopic (exact) mass is 213 g/mol. The maximum atomic E-state index is 5.55. The summed E-state index contributed by atoms with van der Waals surface area (Å²) in [5.74, 6) is 1.65. The lowest BCUT2D eigenvalue weighted by Gasteiger charge is -2.31. The van der Waals surface area contributed by atoms with Gasteiger partial charge in [-0.1, -0.05) is 13.8 Å². The van der Waals surface area contributed by atoms with Crippen LogP contribution in [0.15, 0.2) is 0 Å². The lowest BCUT2D eigenvalue weighted by Crippen LogP contribution is -2.39. The van der Waals surface area contributed by atoms with E-state index >= 15 is 0 Å². The molecule has 3 N–H and O–H groups in total. The third-order valence-corrected chi connectivity index (χ3v) is 3.14. The Morgan fingerprint density at radius 2 is 2.00 bits per heavy atom. The smallest absolute Gasteiger partial charge is 0.0105 e. The highest BCUT2D eigenvalue weighted by atomic mass is 15.1. The largest absolute Gasteiger partial charge is 0.329 e. The first-order valence-corrected chi connectivity index (χ1v) is 6.35. The molecule has 90 valence electrons. The lowest BCUT2D eigenvalue weighted by atomic mass is 9.96. The fourth-order valence-electron chi connectivity index (χ4n) is 2.17. The van der Waals surface area contributed by atoms with Gasteiger partial charge in [-0.2, -0.15) is 0 Å². The zero-order valence-electron chi connectivity index (χ0n) is 10.3. The Balaban J connectivity index is 2.04. The Bertz CT molecular complexity index is 151. The van der Waals surface area contributed by atoms with E-state index in [-0.39, 0.29) is 0 Å². The standard InChI is InChI=1S/C12H27N3/c1-11(2)9-14-10-12-3-6-15(7-4-12)8-5-13/h11-12,14H,3-10,13H2,1-2H3. The molecule has 1 fully saturated rings. The van der Waals surface area contributed by atoms with E-state index in [0.717, 1.165) is 31.5 Å². The molecule has 0 saturated carbocycles. The van der Waals surface area contributed by atoms with E-state index in [9.17, 15) is 0 Å². The van der Waals surface area contributed by atoms with Crippen molar-refractivity contribution in [3.8, 4) is 0 Å². The molecule has 0 atom stereocenters. The topological polar surface area (TPSA) is 41.3 Å².